The molecular weight excluding hydrogens is 323 g/mol. The Bertz CT molecular complexity index is 311. The third-order valence-corrected chi connectivity index (χ3v) is 3.89. The van der Waals surface area contributed by atoms with Crippen LogP contribution in [0.15, 0.2) is 10.2 Å². The van der Waals surface area contributed by atoms with Gasteiger partial charge in [0.2, 0.25) is 0 Å². The summed E-state index contributed by atoms with van der Waals surface area (Å²) >= 11 is 2.08. The highest BCUT2D eigenvalue weighted by molar-refractivity contribution is 14.1. The first-order valence-corrected chi connectivity index (χ1v) is 6.64. The molecule has 90 valence electrons. The Balaban J connectivity index is 2.07. The highest BCUT2D eigenvalue weighted by atomic mass is 127. The number of hydrogen-bond acceptors (Lipinski definition) is 3. The molecule has 5 heteroatoms. The zero-order valence-corrected chi connectivity index (χ0v) is 11.0. The number of rotatable bonds is 3. The molecule has 1 aliphatic carbocycles. The summed E-state index contributed by atoms with van der Waals surface area (Å²) in [4.78, 5) is 10.7. The van der Waals surface area contributed by atoms with Gasteiger partial charge in [-0.05, 0) is 29.4 Å². The van der Waals surface area contributed by atoms with Crippen molar-refractivity contribution in [2.24, 2.45) is 5.41 Å². The van der Waals surface area contributed by atoms with Crippen molar-refractivity contribution in [3.63, 3.8) is 0 Å². The van der Waals surface area contributed by atoms with E-state index in [1.807, 2.05) is 4.08 Å². The van der Waals surface area contributed by atoms with Crippen LogP contribution in [0.25, 0.3) is 0 Å². The quantitative estimate of drug-likeness (QED) is 0.769. The molecule has 1 saturated carbocycles. The zero-order valence-electron chi connectivity index (χ0n) is 8.80. The Kier molecular flexibility index (Phi) is 3.56. The van der Waals surface area contributed by atoms with Crippen molar-refractivity contribution < 1.29 is 19.7 Å². The van der Waals surface area contributed by atoms with Crippen molar-refractivity contribution in [3.8, 4) is 0 Å². The van der Waals surface area contributed by atoms with Crippen LogP contribution in [0.3, 0.4) is 0 Å². The van der Waals surface area contributed by atoms with Gasteiger partial charge >= 0.3 is 5.97 Å². The fraction of sp³-hybridized carbons (Fsp3) is 0.727. The van der Waals surface area contributed by atoms with Crippen LogP contribution >= 0.6 is 22.6 Å². The Hall–Kier alpha value is -0.140. The summed E-state index contributed by atoms with van der Waals surface area (Å²) in [5.41, 5.74) is -0.0703. The maximum Gasteiger partial charge on any atom is 0.305 e. The summed E-state index contributed by atoms with van der Waals surface area (Å²) in [5.74, 6) is -0.839. The Morgan fingerprint density at radius 1 is 1.56 bits per heavy atom. The summed E-state index contributed by atoms with van der Waals surface area (Å²) in [6, 6.07) is 0. The third kappa shape index (κ3) is 2.41. The molecule has 2 fully saturated rings. The first-order chi connectivity index (χ1) is 7.57. The molecule has 1 heterocycles. The van der Waals surface area contributed by atoms with Crippen molar-refractivity contribution in [2.75, 3.05) is 0 Å². The maximum absolute atomic E-state index is 10.7. The molecule has 0 aromatic heterocycles. The Labute approximate surface area is 108 Å². The Morgan fingerprint density at radius 2 is 2.25 bits per heavy atom. The van der Waals surface area contributed by atoms with Crippen LogP contribution in [-0.4, -0.2) is 34.5 Å². The smallest absolute Gasteiger partial charge is 0.305 e. The van der Waals surface area contributed by atoms with Crippen molar-refractivity contribution in [3.05, 3.63) is 10.2 Å². The van der Waals surface area contributed by atoms with Crippen LogP contribution < -0.4 is 0 Å². The van der Waals surface area contributed by atoms with Gasteiger partial charge in [0.05, 0.1) is 18.6 Å². The average molecular weight is 338 g/mol. The SMILES string of the molecule is O=C(O)C[C@@H]1CC2(CC2)[C@H](O)[C@@H](/C=C/I)O1. The fourth-order valence-corrected chi connectivity index (χ4v) is 2.87. The zero-order chi connectivity index (χ0) is 11.8. The molecule has 0 bridgehead atoms. The normalized spacial score (nSPS) is 36.8. The number of carboxylic acid groups (broad SMARTS) is 1. The minimum absolute atomic E-state index is 0.0278. The van der Waals surface area contributed by atoms with E-state index in [0.717, 1.165) is 12.8 Å². The molecule has 0 unspecified atom stereocenters. The van der Waals surface area contributed by atoms with Gasteiger partial charge in [0.15, 0.2) is 0 Å². The first kappa shape index (κ1) is 12.3. The molecule has 0 amide bonds. The van der Waals surface area contributed by atoms with Crippen LogP contribution in [0.2, 0.25) is 0 Å². The number of hydrogen-bond donors (Lipinski definition) is 2. The van der Waals surface area contributed by atoms with Gasteiger partial charge < -0.3 is 14.9 Å². The van der Waals surface area contributed by atoms with Gasteiger partial charge in [-0.2, -0.15) is 0 Å². The lowest BCUT2D eigenvalue weighted by molar-refractivity contribution is -0.155. The van der Waals surface area contributed by atoms with Crippen LogP contribution in [0.5, 0.6) is 0 Å². The molecule has 0 aromatic carbocycles. The highest BCUT2D eigenvalue weighted by Crippen LogP contribution is 2.56. The van der Waals surface area contributed by atoms with E-state index in [4.69, 9.17) is 9.84 Å². The molecular formula is C11H15IO4. The number of aliphatic hydroxyl groups excluding tert-OH is 1. The second kappa shape index (κ2) is 4.62. The molecule has 3 atom stereocenters. The van der Waals surface area contributed by atoms with Gasteiger partial charge in [-0.25, -0.2) is 0 Å². The van der Waals surface area contributed by atoms with Gasteiger partial charge in [-0.3, -0.25) is 4.79 Å². The van der Waals surface area contributed by atoms with Crippen molar-refractivity contribution in [1.29, 1.82) is 0 Å². The summed E-state index contributed by atoms with van der Waals surface area (Å²) in [5, 5.41) is 18.9. The van der Waals surface area contributed by atoms with Crippen LogP contribution in [0.1, 0.15) is 25.7 Å². The van der Waals surface area contributed by atoms with Crippen LogP contribution in [0, 0.1) is 5.41 Å². The molecule has 1 aliphatic heterocycles. The van der Waals surface area contributed by atoms with Crippen molar-refractivity contribution in [2.45, 2.75) is 44.0 Å². The monoisotopic (exact) mass is 338 g/mol. The second-order valence-corrected chi connectivity index (χ2v) is 5.37. The number of ether oxygens (including phenoxy) is 1. The average Bonchev–Trinajstić information content (AvgIpc) is 2.94. The molecule has 2 aliphatic rings. The predicted octanol–water partition coefficient (Wildman–Crippen LogP) is 1.71. The predicted molar refractivity (Wildman–Crippen MR) is 66.4 cm³/mol. The summed E-state index contributed by atoms with van der Waals surface area (Å²) in [6.07, 6.45) is 3.38. The largest absolute Gasteiger partial charge is 0.481 e. The van der Waals surface area contributed by atoms with Gasteiger partial charge in [0.25, 0.3) is 0 Å². The van der Waals surface area contributed by atoms with E-state index in [9.17, 15) is 9.90 Å². The number of carboxylic acids is 1. The molecule has 2 N–H and O–H groups in total. The van der Waals surface area contributed by atoms with Crippen molar-refractivity contribution in [1.82, 2.24) is 0 Å². The Morgan fingerprint density at radius 3 is 2.75 bits per heavy atom. The standard InChI is InChI=1S/C11H15IO4/c12-4-1-8-10(15)11(2-3-11)6-7(16-8)5-9(13)14/h1,4,7-8,10,15H,2-3,5-6H2,(H,13,14)/b4-1+/t7-,8-,10-/m1/s1. The molecule has 0 aromatic rings. The minimum Gasteiger partial charge on any atom is -0.481 e. The van der Waals surface area contributed by atoms with E-state index < -0.39 is 12.1 Å². The lowest BCUT2D eigenvalue weighted by Gasteiger charge is -2.38. The molecule has 1 spiro atoms. The topological polar surface area (TPSA) is 66.8 Å². The number of carbonyl (C=O) groups is 1. The first-order valence-electron chi connectivity index (χ1n) is 5.39. The van der Waals surface area contributed by atoms with E-state index in [1.54, 1.807) is 6.08 Å². The van der Waals surface area contributed by atoms with Crippen molar-refractivity contribution >= 4 is 28.6 Å². The van der Waals surface area contributed by atoms with E-state index in [-0.39, 0.29) is 24.0 Å². The fourth-order valence-electron chi connectivity index (χ4n) is 2.47. The lowest BCUT2D eigenvalue weighted by Crippen LogP contribution is -2.46. The molecule has 2 rings (SSSR count). The van der Waals surface area contributed by atoms with Gasteiger partial charge in [0.1, 0.15) is 6.10 Å². The number of halogens is 1. The summed E-state index contributed by atoms with van der Waals surface area (Å²) < 4.78 is 7.41. The second-order valence-electron chi connectivity index (χ2n) is 4.65. The molecule has 1 saturated heterocycles. The number of aliphatic carboxylic acids is 1. The summed E-state index contributed by atoms with van der Waals surface area (Å²) in [6.45, 7) is 0. The van der Waals surface area contributed by atoms with E-state index in [1.165, 1.54) is 0 Å². The minimum atomic E-state index is -0.839. The van der Waals surface area contributed by atoms with Gasteiger partial charge in [-0.15, -0.1) is 0 Å². The molecule has 4 nitrogen and oxygen atoms in total. The third-order valence-electron chi connectivity index (χ3n) is 3.48. The van der Waals surface area contributed by atoms with Gasteiger partial charge in [0, 0.05) is 5.41 Å². The van der Waals surface area contributed by atoms with E-state index >= 15 is 0 Å². The molecule has 0 radical (unpaired) electrons. The van der Waals surface area contributed by atoms with Crippen LogP contribution in [0.4, 0.5) is 0 Å². The maximum atomic E-state index is 10.7. The van der Waals surface area contributed by atoms with E-state index in [2.05, 4.69) is 22.6 Å². The molecule has 16 heavy (non-hydrogen) atoms. The highest BCUT2D eigenvalue weighted by Gasteiger charge is 2.55. The lowest BCUT2D eigenvalue weighted by atomic mass is 9.84. The van der Waals surface area contributed by atoms with Gasteiger partial charge in [-0.1, -0.05) is 22.6 Å². The summed E-state index contributed by atoms with van der Waals surface area (Å²) in [7, 11) is 0. The van der Waals surface area contributed by atoms with E-state index in [0.29, 0.717) is 6.42 Å². The van der Waals surface area contributed by atoms with Crippen LogP contribution in [-0.2, 0) is 9.53 Å². The number of aliphatic hydroxyl groups is 1.